The van der Waals surface area contributed by atoms with E-state index in [4.69, 9.17) is 4.74 Å². The van der Waals surface area contributed by atoms with Crippen molar-refractivity contribution in [3.8, 4) is 5.88 Å². The first-order chi connectivity index (χ1) is 20.4. The summed E-state index contributed by atoms with van der Waals surface area (Å²) in [6.07, 6.45) is -1.11. The first kappa shape index (κ1) is 30.2. The number of pyridine rings is 1. The normalized spacial score (nSPS) is 21.1. The highest BCUT2D eigenvalue weighted by Gasteiger charge is 2.37. The molecule has 2 aliphatic heterocycles. The van der Waals surface area contributed by atoms with E-state index in [1.807, 2.05) is 25.8 Å². The summed E-state index contributed by atoms with van der Waals surface area (Å²) in [5, 5.41) is 5.83. The molecule has 2 aromatic heterocycles. The molecule has 3 aromatic rings. The maximum Gasteiger partial charge on any atom is 0.417 e. The van der Waals surface area contributed by atoms with Crippen molar-refractivity contribution >= 4 is 22.9 Å². The summed E-state index contributed by atoms with van der Waals surface area (Å²) in [7, 11) is 3.45. The number of amides is 1. The molecule has 3 N–H and O–H groups in total. The molecule has 0 saturated carbocycles. The van der Waals surface area contributed by atoms with Crippen LogP contribution in [0.1, 0.15) is 47.1 Å². The SMILES string of the molecule is COc1cc(C2NCC=C2c2cc(NC(=O)c3c[nH]c(=O)cc3C(F)(F)F)c(N3C[C@@H](C)N(C)[C@@H](C)C3)cc2F)ncn1. The minimum absolute atomic E-state index is 0.0740. The van der Waals surface area contributed by atoms with Gasteiger partial charge >= 0.3 is 6.18 Å². The van der Waals surface area contributed by atoms with Crippen LogP contribution in [0.25, 0.3) is 5.57 Å². The van der Waals surface area contributed by atoms with E-state index in [-0.39, 0.29) is 23.3 Å². The number of hydrogen-bond donors (Lipinski definition) is 3. The third kappa shape index (κ3) is 6.11. The van der Waals surface area contributed by atoms with Crippen LogP contribution in [0, 0.1) is 5.82 Å². The molecule has 0 aliphatic carbocycles. The van der Waals surface area contributed by atoms with Crippen LogP contribution in [0.3, 0.4) is 0 Å². The number of H-pyrrole nitrogens is 1. The molecule has 5 rings (SSSR count). The van der Waals surface area contributed by atoms with Gasteiger partial charge in [0.1, 0.15) is 12.1 Å². The molecule has 3 atom stereocenters. The molecule has 1 aromatic carbocycles. The van der Waals surface area contributed by atoms with Gasteiger partial charge in [0.05, 0.1) is 41.3 Å². The highest BCUT2D eigenvalue weighted by Crippen LogP contribution is 2.40. The van der Waals surface area contributed by atoms with Gasteiger partial charge in [0.25, 0.3) is 5.91 Å². The Morgan fingerprint density at radius 3 is 2.51 bits per heavy atom. The quantitative estimate of drug-likeness (QED) is 0.365. The summed E-state index contributed by atoms with van der Waals surface area (Å²) >= 11 is 0. The zero-order valence-electron chi connectivity index (χ0n) is 23.9. The Labute approximate surface area is 244 Å². The van der Waals surface area contributed by atoms with E-state index in [9.17, 15) is 22.8 Å². The molecule has 0 radical (unpaired) electrons. The molecule has 2 aliphatic rings. The number of piperazine rings is 1. The van der Waals surface area contributed by atoms with Crippen molar-refractivity contribution in [2.24, 2.45) is 0 Å². The second kappa shape index (κ2) is 11.8. The lowest BCUT2D eigenvalue weighted by atomic mass is 9.95. The zero-order valence-corrected chi connectivity index (χ0v) is 23.9. The number of nitrogens with zero attached hydrogens (tertiary/aromatic N) is 4. The largest absolute Gasteiger partial charge is 0.481 e. The first-order valence-electron chi connectivity index (χ1n) is 13.6. The number of carbonyl (C=O) groups is 1. The van der Waals surface area contributed by atoms with E-state index in [1.54, 1.807) is 12.1 Å². The zero-order chi connectivity index (χ0) is 31.1. The van der Waals surface area contributed by atoms with Crippen molar-refractivity contribution in [1.29, 1.82) is 0 Å². The van der Waals surface area contributed by atoms with Crippen LogP contribution in [0.15, 0.2) is 47.7 Å². The Kier molecular flexibility index (Phi) is 8.25. The van der Waals surface area contributed by atoms with E-state index < -0.39 is 40.6 Å². The lowest BCUT2D eigenvalue weighted by molar-refractivity contribution is -0.138. The molecule has 0 bridgehead atoms. The second-order valence-electron chi connectivity index (χ2n) is 10.7. The summed E-state index contributed by atoms with van der Waals surface area (Å²) < 4.78 is 62.5. The Bertz CT molecular complexity index is 1610. The van der Waals surface area contributed by atoms with Crippen LogP contribution >= 0.6 is 0 Å². The Morgan fingerprint density at radius 2 is 1.84 bits per heavy atom. The topological polar surface area (TPSA) is 115 Å². The van der Waals surface area contributed by atoms with Crippen molar-refractivity contribution in [2.75, 3.05) is 44.0 Å². The van der Waals surface area contributed by atoms with Gasteiger partial charge in [-0.15, -0.1) is 0 Å². The number of rotatable bonds is 6. The molecule has 1 fully saturated rings. The number of carbonyl (C=O) groups excluding carboxylic acids is 1. The van der Waals surface area contributed by atoms with Crippen LogP contribution in [0.5, 0.6) is 5.88 Å². The van der Waals surface area contributed by atoms with Gasteiger partial charge in [0, 0.05) is 55.6 Å². The number of likely N-dealkylation sites (N-methyl/N-ethyl adjacent to an activating group) is 1. The van der Waals surface area contributed by atoms with E-state index in [0.29, 0.717) is 48.5 Å². The average Bonchev–Trinajstić information content (AvgIpc) is 3.45. The fourth-order valence-electron chi connectivity index (χ4n) is 5.50. The van der Waals surface area contributed by atoms with Crippen LogP contribution in [-0.2, 0) is 6.18 Å². The van der Waals surface area contributed by atoms with Crippen LogP contribution in [0.2, 0.25) is 0 Å². The summed E-state index contributed by atoms with van der Waals surface area (Å²) in [6, 6.07) is 4.29. The maximum absolute atomic E-state index is 16.0. The third-order valence-corrected chi connectivity index (χ3v) is 7.94. The predicted molar refractivity (Wildman–Crippen MR) is 153 cm³/mol. The van der Waals surface area contributed by atoms with Crippen LogP contribution in [0.4, 0.5) is 28.9 Å². The molecule has 43 heavy (non-hydrogen) atoms. The van der Waals surface area contributed by atoms with Crippen LogP contribution in [-0.4, -0.2) is 71.6 Å². The molecule has 228 valence electrons. The summed E-state index contributed by atoms with van der Waals surface area (Å²) in [5.74, 6) is -1.36. The molecule has 0 spiro atoms. The van der Waals surface area contributed by atoms with E-state index in [0.717, 1.165) is 6.20 Å². The average molecular weight is 602 g/mol. The van der Waals surface area contributed by atoms with Gasteiger partial charge < -0.3 is 25.3 Å². The number of hydrogen-bond acceptors (Lipinski definition) is 8. The fraction of sp³-hybridized carbons (Fsp3) is 0.379. The second-order valence-corrected chi connectivity index (χ2v) is 10.7. The fourth-order valence-corrected chi connectivity index (χ4v) is 5.50. The van der Waals surface area contributed by atoms with Crippen LogP contribution < -0.4 is 25.8 Å². The third-order valence-electron chi connectivity index (χ3n) is 7.94. The summed E-state index contributed by atoms with van der Waals surface area (Å²) in [6.45, 7) is 5.40. The molecule has 4 heterocycles. The Hall–Kier alpha value is -4.30. The monoisotopic (exact) mass is 601 g/mol. The first-order valence-corrected chi connectivity index (χ1v) is 13.6. The number of ether oxygens (including phenoxy) is 1. The number of halogens is 4. The van der Waals surface area contributed by atoms with Crippen molar-refractivity contribution < 1.29 is 27.1 Å². The number of aromatic amines is 1. The van der Waals surface area contributed by atoms with Gasteiger partial charge in [-0.3, -0.25) is 14.5 Å². The van der Waals surface area contributed by atoms with Crippen molar-refractivity contribution in [1.82, 2.24) is 25.2 Å². The molecular formula is C29H31F4N7O3. The molecule has 1 unspecified atom stereocenters. The number of benzene rings is 1. The van der Waals surface area contributed by atoms with Crippen molar-refractivity contribution in [2.45, 2.75) is 38.1 Å². The van der Waals surface area contributed by atoms with Gasteiger partial charge in [-0.2, -0.15) is 13.2 Å². The maximum atomic E-state index is 16.0. The number of aromatic nitrogens is 3. The van der Waals surface area contributed by atoms with E-state index >= 15 is 4.39 Å². The molecule has 1 amide bonds. The smallest absolute Gasteiger partial charge is 0.417 e. The Morgan fingerprint density at radius 1 is 1.12 bits per heavy atom. The Balaban J connectivity index is 1.59. The minimum atomic E-state index is -4.95. The van der Waals surface area contributed by atoms with Crippen molar-refractivity contribution in [3.05, 3.63) is 81.4 Å². The van der Waals surface area contributed by atoms with E-state index in [1.165, 1.54) is 25.6 Å². The van der Waals surface area contributed by atoms with Gasteiger partial charge in [-0.05, 0) is 38.6 Å². The van der Waals surface area contributed by atoms with Gasteiger partial charge in [0.2, 0.25) is 11.4 Å². The minimum Gasteiger partial charge on any atom is -0.481 e. The highest BCUT2D eigenvalue weighted by atomic mass is 19.4. The number of nitrogens with one attached hydrogen (secondary N) is 3. The summed E-state index contributed by atoms with van der Waals surface area (Å²) in [4.78, 5) is 39.6. The predicted octanol–water partition coefficient (Wildman–Crippen LogP) is 3.84. The van der Waals surface area contributed by atoms with Gasteiger partial charge in [0.15, 0.2) is 0 Å². The van der Waals surface area contributed by atoms with Crippen molar-refractivity contribution in [3.63, 3.8) is 0 Å². The molecule has 10 nitrogen and oxygen atoms in total. The molecule has 1 saturated heterocycles. The number of methoxy groups -OCH3 is 1. The van der Waals surface area contributed by atoms with E-state index in [2.05, 4.69) is 30.5 Å². The highest BCUT2D eigenvalue weighted by molar-refractivity contribution is 6.07. The number of anilines is 2. The standard InChI is InChI=1S/C29H31F4N7O3/c1-15-12-40(13-16(2)39(15)3)24-9-21(30)18(17-5-6-34-27(17)23-10-26(43-4)37-14-36-23)7-22(24)38-28(42)19-11-35-25(41)8-20(19)29(31,32)33/h5,7-11,14-16,27,34H,6,12-13H2,1-4H3,(H,35,41)(H,38,42)/t15-,16+,27?. The lowest BCUT2D eigenvalue weighted by Gasteiger charge is -2.44. The molecule has 14 heteroatoms. The lowest BCUT2D eigenvalue weighted by Crippen LogP contribution is -2.55. The molecular weight excluding hydrogens is 570 g/mol. The van der Waals surface area contributed by atoms with Gasteiger partial charge in [-0.25, -0.2) is 14.4 Å². The summed E-state index contributed by atoms with van der Waals surface area (Å²) in [5.41, 5.74) is -1.50. The van der Waals surface area contributed by atoms with Gasteiger partial charge in [-0.1, -0.05) is 6.08 Å². The number of alkyl halides is 3.